The van der Waals surface area contributed by atoms with Crippen molar-refractivity contribution in [1.29, 1.82) is 0 Å². The van der Waals surface area contributed by atoms with Crippen molar-refractivity contribution in [3.63, 3.8) is 0 Å². The van der Waals surface area contributed by atoms with Gasteiger partial charge in [0, 0.05) is 15.9 Å². The van der Waals surface area contributed by atoms with Crippen LogP contribution in [0.1, 0.15) is 27.7 Å². The van der Waals surface area contributed by atoms with E-state index in [9.17, 15) is 14.7 Å². The molecule has 0 spiro atoms. The second-order valence-electron chi connectivity index (χ2n) is 6.91. The zero-order chi connectivity index (χ0) is 24.1. The van der Waals surface area contributed by atoms with Gasteiger partial charge in [0.05, 0.1) is 23.5 Å². The van der Waals surface area contributed by atoms with Crippen LogP contribution in [0.15, 0.2) is 40.5 Å². The first-order valence-corrected chi connectivity index (χ1v) is 12.6. The van der Waals surface area contributed by atoms with Gasteiger partial charge in [-0.2, -0.15) is 0 Å². The third-order valence-corrected chi connectivity index (χ3v) is 7.26. The summed E-state index contributed by atoms with van der Waals surface area (Å²) in [7, 11) is 0. The molecule has 1 amide bonds. The number of aryl methyl sites for hydroxylation is 1. The third-order valence-electron chi connectivity index (χ3n) is 4.68. The number of carbonyl (C=O) groups is 2. The number of carbonyl (C=O) groups excluding carboxylic acids is 2. The Hall–Kier alpha value is -2.63. The highest BCUT2D eigenvalue weighted by Gasteiger charge is 2.23. The van der Waals surface area contributed by atoms with Crippen LogP contribution in [0.5, 0.6) is 5.75 Å². The van der Waals surface area contributed by atoms with E-state index in [0.717, 1.165) is 14.9 Å². The summed E-state index contributed by atoms with van der Waals surface area (Å²) in [5.74, 6) is -0.151. The van der Waals surface area contributed by atoms with Gasteiger partial charge in [-0.3, -0.25) is 9.36 Å². The van der Waals surface area contributed by atoms with Crippen molar-refractivity contribution < 1.29 is 19.4 Å². The number of phenols is 1. The lowest BCUT2D eigenvalue weighted by Gasteiger charge is -2.10. The number of rotatable bonds is 9. The molecule has 0 saturated carbocycles. The van der Waals surface area contributed by atoms with E-state index in [2.05, 4.69) is 38.0 Å². The van der Waals surface area contributed by atoms with Gasteiger partial charge in [-0.05, 0) is 44.5 Å². The predicted octanol–water partition coefficient (Wildman–Crippen LogP) is 5.19. The smallest absolute Gasteiger partial charge is 0.341 e. The molecule has 3 aromatic rings. The zero-order valence-electron chi connectivity index (χ0n) is 18.3. The number of nitrogens with zero attached hydrogens (tertiary/aromatic N) is 3. The second-order valence-corrected chi connectivity index (χ2v) is 9.99. The Balaban J connectivity index is 1.78. The van der Waals surface area contributed by atoms with Gasteiger partial charge in [0.2, 0.25) is 5.91 Å². The summed E-state index contributed by atoms with van der Waals surface area (Å²) in [5.41, 5.74) is 1.70. The molecular formula is C22H23BrN4O4S2. The Kier molecular flexibility index (Phi) is 8.33. The molecule has 0 unspecified atom stereocenters. The fourth-order valence-electron chi connectivity index (χ4n) is 3.03. The van der Waals surface area contributed by atoms with Crippen molar-refractivity contribution in [3.05, 3.63) is 51.3 Å². The van der Waals surface area contributed by atoms with Gasteiger partial charge in [-0.1, -0.05) is 33.8 Å². The molecule has 11 heteroatoms. The van der Waals surface area contributed by atoms with Crippen LogP contribution in [-0.2, 0) is 16.1 Å². The lowest BCUT2D eigenvalue weighted by atomic mass is 10.1. The van der Waals surface area contributed by atoms with Gasteiger partial charge in [-0.15, -0.1) is 28.1 Å². The van der Waals surface area contributed by atoms with Gasteiger partial charge in [0.15, 0.2) is 11.0 Å². The Morgan fingerprint density at radius 2 is 2.12 bits per heavy atom. The molecule has 2 aromatic heterocycles. The number of hydrogen-bond acceptors (Lipinski definition) is 8. The number of aromatic hydroxyl groups is 1. The van der Waals surface area contributed by atoms with E-state index in [1.807, 2.05) is 13.8 Å². The molecule has 0 saturated heterocycles. The van der Waals surface area contributed by atoms with Gasteiger partial charge in [0.25, 0.3) is 0 Å². The monoisotopic (exact) mass is 550 g/mol. The van der Waals surface area contributed by atoms with E-state index in [1.54, 1.807) is 35.8 Å². The number of aromatic nitrogens is 3. The highest BCUT2D eigenvalue weighted by Crippen LogP contribution is 2.34. The molecule has 8 nitrogen and oxygen atoms in total. The van der Waals surface area contributed by atoms with Crippen molar-refractivity contribution in [2.45, 2.75) is 32.5 Å². The van der Waals surface area contributed by atoms with E-state index in [4.69, 9.17) is 4.74 Å². The highest BCUT2D eigenvalue weighted by atomic mass is 79.9. The molecule has 1 aromatic carbocycles. The molecule has 0 fully saturated rings. The molecule has 0 aliphatic rings. The number of ether oxygens (including phenoxy) is 1. The first kappa shape index (κ1) is 25.0. The molecule has 0 aliphatic carbocycles. The normalized spacial score (nSPS) is 10.8. The number of thioether (sulfide) groups is 1. The van der Waals surface area contributed by atoms with Crippen LogP contribution in [0, 0.1) is 13.8 Å². The van der Waals surface area contributed by atoms with E-state index in [-0.39, 0.29) is 24.0 Å². The molecule has 174 valence electrons. The van der Waals surface area contributed by atoms with Crippen molar-refractivity contribution in [3.8, 4) is 17.1 Å². The molecule has 3 rings (SSSR count). The number of phenolic OH excluding ortho intramolecular Hbond substituents is 1. The Bertz CT molecular complexity index is 1210. The van der Waals surface area contributed by atoms with Crippen molar-refractivity contribution in [2.24, 2.45) is 0 Å². The maximum absolute atomic E-state index is 12.7. The number of esters is 1. The van der Waals surface area contributed by atoms with E-state index < -0.39 is 5.97 Å². The number of halogens is 1. The first-order valence-electron chi connectivity index (χ1n) is 9.99. The summed E-state index contributed by atoms with van der Waals surface area (Å²) in [6.45, 7) is 9.89. The number of thiophene rings is 1. The van der Waals surface area contributed by atoms with Crippen LogP contribution in [0.3, 0.4) is 0 Å². The van der Waals surface area contributed by atoms with Crippen LogP contribution in [-0.4, -0.2) is 44.1 Å². The molecule has 0 atom stereocenters. The molecule has 0 aliphatic heterocycles. The maximum atomic E-state index is 12.7. The summed E-state index contributed by atoms with van der Waals surface area (Å²) in [5, 5.41) is 22.5. The number of allylic oxidation sites excluding steroid dienone is 1. The van der Waals surface area contributed by atoms with Crippen LogP contribution in [0.2, 0.25) is 0 Å². The fourth-order valence-corrected chi connectivity index (χ4v) is 5.21. The summed E-state index contributed by atoms with van der Waals surface area (Å²) in [6.07, 6.45) is 1.69. The lowest BCUT2D eigenvalue weighted by Crippen LogP contribution is -2.17. The SMILES string of the molecule is C=CCn1c(SCC(=O)Nc2sc(C)c(C)c2C(=O)OCC)nnc1-c1cc(Br)ccc1O. The van der Waals surface area contributed by atoms with Gasteiger partial charge >= 0.3 is 5.97 Å². The minimum absolute atomic E-state index is 0.0536. The fraction of sp³-hybridized carbons (Fsp3) is 0.273. The Morgan fingerprint density at radius 1 is 1.36 bits per heavy atom. The second kappa shape index (κ2) is 11.0. The number of anilines is 1. The van der Waals surface area contributed by atoms with Crippen LogP contribution in [0.25, 0.3) is 11.4 Å². The molecular weight excluding hydrogens is 528 g/mol. The first-order chi connectivity index (χ1) is 15.8. The van der Waals surface area contributed by atoms with E-state index in [1.165, 1.54) is 23.1 Å². The van der Waals surface area contributed by atoms with Crippen LogP contribution < -0.4 is 5.32 Å². The molecule has 0 radical (unpaired) electrons. The number of hydrogen-bond donors (Lipinski definition) is 2. The van der Waals surface area contributed by atoms with Crippen LogP contribution >= 0.6 is 39.0 Å². The summed E-state index contributed by atoms with van der Waals surface area (Å²) in [4.78, 5) is 26.0. The number of nitrogens with one attached hydrogen (secondary N) is 1. The average Bonchev–Trinajstić information content (AvgIpc) is 3.29. The minimum atomic E-state index is -0.452. The number of amides is 1. The molecule has 2 heterocycles. The van der Waals surface area contributed by atoms with Crippen molar-refractivity contribution in [2.75, 3.05) is 17.7 Å². The molecule has 33 heavy (non-hydrogen) atoms. The maximum Gasteiger partial charge on any atom is 0.341 e. The minimum Gasteiger partial charge on any atom is -0.507 e. The summed E-state index contributed by atoms with van der Waals surface area (Å²) in [6, 6.07) is 5.04. The van der Waals surface area contributed by atoms with Crippen molar-refractivity contribution in [1.82, 2.24) is 14.8 Å². The van der Waals surface area contributed by atoms with E-state index >= 15 is 0 Å². The average molecular weight is 551 g/mol. The topological polar surface area (TPSA) is 106 Å². The standard InChI is InChI=1S/C22H23BrN4O4S2/c1-5-9-27-19(15-10-14(23)7-8-16(15)28)25-26-22(27)32-11-17(29)24-20-18(21(30)31-6-2)12(3)13(4)33-20/h5,7-8,10,28H,1,6,9,11H2,2-4H3,(H,24,29). The third kappa shape index (κ3) is 5.66. The van der Waals surface area contributed by atoms with E-state index in [0.29, 0.717) is 33.7 Å². The Morgan fingerprint density at radius 3 is 2.82 bits per heavy atom. The highest BCUT2D eigenvalue weighted by molar-refractivity contribution is 9.10. The number of benzene rings is 1. The van der Waals surface area contributed by atoms with Gasteiger partial charge in [-0.25, -0.2) is 4.79 Å². The largest absolute Gasteiger partial charge is 0.507 e. The lowest BCUT2D eigenvalue weighted by molar-refractivity contribution is -0.113. The predicted molar refractivity (Wildman–Crippen MR) is 134 cm³/mol. The molecule has 0 bridgehead atoms. The van der Waals surface area contributed by atoms with Gasteiger partial charge in [0.1, 0.15) is 10.8 Å². The van der Waals surface area contributed by atoms with Crippen molar-refractivity contribution >= 4 is 55.9 Å². The van der Waals surface area contributed by atoms with Crippen LogP contribution in [0.4, 0.5) is 5.00 Å². The quantitative estimate of drug-likeness (QED) is 0.214. The summed E-state index contributed by atoms with van der Waals surface area (Å²) < 4.78 is 7.70. The summed E-state index contributed by atoms with van der Waals surface area (Å²) >= 11 is 5.94. The zero-order valence-corrected chi connectivity index (χ0v) is 21.6. The molecule has 2 N–H and O–H groups in total. The Labute approximate surface area is 208 Å². The van der Waals surface area contributed by atoms with Gasteiger partial charge < -0.3 is 15.2 Å².